The molecule has 0 aliphatic carbocycles. The molecule has 0 unspecified atom stereocenters. The van der Waals surface area contributed by atoms with E-state index in [1.165, 1.54) is 0 Å². The lowest BCUT2D eigenvalue weighted by molar-refractivity contribution is -0.130. The molecule has 2 heterocycles. The first-order chi connectivity index (χ1) is 16.6. The third-order valence-electron chi connectivity index (χ3n) is 6.35. The molecular formula is C28H29N3O3. The topological polar surface area (TPSA) is 54.4 Å². The molecule has 6 nitrogen and oxygen atoms in total. The summed E-state index contributed by atoms with van der Waals surface area (Å²) in [6.07, 6.45) is 1.28. The van der Waals surface area contributed by atoms with Crippen molar-refractivity contribution in [3.63, 3.8) is 0 Å². The third kappa shape index (κ3) is 4.62. The van der Waals surface area contributed by atoms with Crippen LogP contribution in [0, 0.1) is 6.92 Å². The highest BCUT2D eigenvalue weighted by Crippen LogP contribution is 2.38. The first-order valence-corrected chi connectivity index (χ1v) is 11.7. The minimum atomic E-state index is 0.152. The Morgan fingerprint density at radius 3 is 2.62 bits per heavy atom. The molecule has 174 valence electrons. The molecule has 1 amide bonds. The van der Waals surface area contributed by atoms with E-state index in [2.05, 4.69) is 24.0 Å². The zero-order valence-electron chi connectivity index (χ0n) is 19.7. The van der Waals surface area contributed by atoms with E-state index in [1.807, 2.05) is 59.5 Å². The van der Waals surface area contributed by atoms with E-state index in [1.54, 1.807) is 7.11 Å². The van der Waals surface area contributed by atoms with Gasteiger partial charge in [0.25, 0.3) is 0 Å². The number of rotatable bonds is 3. The standard InChI is InChI=1S/C28H29N3O3/c1-20-8-13-24-26(18-20)34-25-7-4-3-6-23(25)28(29-24)31-15-5-14-30(16-17-31)27(32)19-21-9-11-22(33-2)12-10-21/h3-4,6-13,18H,5,14-17,19H2,1-2H3. The number of hydrogen-bond acceptors (Lipinski definition) is 5. The molecule has 1 saturated heterocycles. The average molecular weight is 456 g/mol. The predicted molar refractivity (Wildman–Crippen MR) is 133 cm³/mol. The van der Waals surface area contributed by atoms with E-state index >= 15 is 0 Å². The summed E-state index contributed by atoms with van der Waals surface area (Å²) in [5.41, 5.74) is 3.94. The van der Waals surface area contributed by atoms with E-state index in [0.29, 0.717) is 13.0 Å². The molecule has 5 rings (SSSR count). The minimum Gasteiger partial charge on any atom is -0.497 e. The van der Waals surface area contributed by atoms with Crippen molar-refractivity contribution < 1.29 is 14.3 Å². The lowest BCUT2D eigenvalue weighted by atomic mass is 10.1. The number of ether oxygens (including phenoxy) is 2. The molecule has 3 aromatic carbocycles. The second-order valence-corrected chi connectivity index (χ2v) is 8.75. The number of methoxy groups -OCH3 is 1. The monoisotopic (exact) mass is 455 g/mol. The van der Waals surface area contributed by atoms with Crippen LogP contribution in [-0.4, -0.2) is 54.8 Å². The normalized spacial score (nSPS) is 15.3. The molecule has 0 radical (unpaired) electrons. The Balaban J connectivity index is 1.35. The Morgan fingerprint density at radius 1 is 0.971 bits per heavy atom. The number of para-hydroxylation sites is 1. The van der Waals surface area contributed by atoms with Gasteiger partial charge in [0.05, 0.1) is 19.1 Å². The SMILES string of the molecule is COc1ccc(CC(=O)N2CCCN(C3=Nc4ccc(C)cc4Oc4ccccc43)CC2)cc1. The second-order valence-electron chi connectivity index (χ2n) is 8.75. The van der Waals surface area contributed by atoms with Crippen LogP contribution >= 0.6 is 0 Å². The van der Waals surface area contributed by atoms with Crippen molar-refractivity contribution in [2.45, 2.75) is 19.8 Å². The summed E-state index contributed by atoms with van der Waals surface area (Å²) in [7, 11) is 1.64. The van der Waals surface area contributed by atoms with Gasteiger partial charge in [-0.05, 0) is 60.9 Å². The van der Waals surface area contributed by atoms with Crippen molar-refractivity contribution in [3.05, 3.63) is 83.4 Å². The molecule has 0 spiro atoms. The summed E-state index contributed by atoms with van der Waals surface area (Å²) in [5.74, 6) is 3.43. The molecule has 3 aromatic rings. The third-order valence-corrected chi connectivity index (χ3v) is 6.35. The first-order valence-electron chi connectivity index (χ1n) is 11.7. The lowest BCUT2D eigenvalue weighted by Gasteiger charge is -2.25. The van der Waals surface area contributed by atoms with Gasteiger partial charge in [-0.25, -0.2) is 4.99 Å². The molecule has 0 atom stereocenters. The number of amidine groups is 1. The summed E-state index contributed by atoms with van der Waals surface area (Å²) in [6.45, 7) is 5.02. The number of hydrogen-bond donors (Lipinski definition) is 0. The van der Waals surface area contributed by atoms with Crippen molar-refractivity contribution in [2.75, 3.05) is 33.3 Å². The average Bonchev–Trinajstić information content (AvgIpc) is 3.19. The highest BCUT2D eigenvalue weighted by molar-refractivity contribution is 6.03. The Hall–Kier alpha value is -3.80. The van der Waals surface area contributed by atoms with Crippen molar-refractivity contribution in [1.29, 1.82) is 0 Å². The summed E-state index contributed by atoms with van der Waals surface area (Å²) >= 11 is 0. The molecule has 2 aliphatic heterocycles. The number of carbonyl (C=O) groups excluding carboxylic acids is 1. The van der Waals surface area contributed by atoms with Crippen molar-refractivity contribution in [1.82, 2.24) is 9.80 Å². The number of nitrogens with zero attached hydrogens (tertiary/aromatic N) is 3. The highest BCUT2D eigenvalue weighted by Gasteiger charge is 2.26. The molecule has 0 N–H and O–H groups in total. The van der Waals surface area contributed by atoms with Gasteiger partial charge in [-0.3, -0.25) is 4.79 Å². The summed E-state index contributed by atoms with van der Waals surface area (Å²) in [5, 5.41) is 0. The molecule has 2 aliphatic rings. The molecule has 1 fully saturated rings. The van der Waals surface area contributed by atoms with Crippen LogP contribution in [-0.2, 0) is 11.2 Å². The van der Waals surface area contributed by atoms with Crippen molar-refractivity contribution in [3.8, 4) is 17.2 Å². The molecule has 34 heavy (non-hydrogen) atoms. The minimum absolute atomic E-state index is 0.152. The predicted octanol–water partition coefficient (Wildman–Crippen LogP) is 4.96. The van der Waals surface area contributed by atoms with E-state index in [0.717, 1.165) is 71.5 Å². The summed E-state index contributed by atoms with van der Waals surface area (Å²) in [4.78, 5) is 22.3. The fraction of sp³-hybridized carbons (Fsp3) is 0.286. The number of aliphatic imine (C=N–C) groups is 1. The van der Waals surface area contributed by atoms with Gasteiger partial charge in [0.1, 0.15) is 23.0 Å². The van der Waals surface area contributed by atoms with Gasteiger partial charge in [0, 0.05) is 26.2 Å². The zero-order chi connectivity index (χ0) is 23.5. The smallest absolute Gasteiger partial charge is 0.227 e. The van der Waals surface area contributed by atoms with Crippen LogP contribution in [0.2, 0.25) is 0 Å². The Labute approximate surface area is 200 Å². The van der Waals surface area contributed by atoms with Crippen LogP contribution in [0.3, 0.4) is 0 Å². The Bertz CT molecular complexity index is 1220. The number of amides is 1. The van der Waals surface area contributed by atoms with Crippen LogP contribution in [0.5, 0.6) is 17.2 Å². The maximum Gasteiger partial charge on any atom is 0.227 e. The maximum absolute atomic E-state index is 13.0. The van der Waals surface area contributed by atoms with Gasteiger partial charge in [0.15, 0.2) is 5.75 Å². The first kappa shape index (κ1) is 22.0. The zero-order valence-corrected chi connectivity index (χ0v) is 19.7. The molecule has 0 aromatic heterocycles. The number of aryl methyl sites for hydroxylation is 1. The quantitative estimate of drug-likeness (QED) is 0.560. The van der Waals surface area contributed by atoms with Crippen molar-refractivity contribution in [2.24, 2.45) is 4.99 Å². The van der Waals surface area contributed by atoms with Crippen LogP contribution in [0.25, 0.3) is 0 Å². The fourth-order valence-corrected chi connectivity index (χ4v) is 4.48. The van der Waals surface area contributed by atoms with Gasteiger partial charge in [-0.1, -0.05) is 30.3 Å². The van der Waals surface area contributed by atoms with Crippen molar-refractivity contribution >= 4 is 17.4 Å². The number of carbonyl (C=O) groups is 1. The largest absolute Gasteiger partial charge is 0.497 e. The van der Waals surface area contributed by atoms with Gasteiger partial charge >= 0.3 is 0 Å². The van der Waals surface area contributed by atoms with Gasteiger partial charge in [-0.15, -0.1) is 0 Å². The van der Waals surface area contributed by atoms with Gasteiger partial charge in [-0.2, -0.15) is 0 Å². The van der Waals surface area contributed by atoms with Crippen LogP contribution < -0.4 is 9.47 Å². The van der Waals surface area contributed by atoms with Crippen LogP contribution in [0.4, 0.5) is 5.69 Å². The van der Waals surface area contributed by atoms with Crippen LogP contribution in [0.1, 0.15) is 23.1 Å². The maximum atomic E-state index is 13.0. The van der Waals surface area contributed by atoms with E-state index in [4.69, 9.17) is 14.5 Å². The molecule has 0 saturated carbocycles. The highest BCUT2D eigenvalue weighted by atomic mass is 16.5. The second kappa shape index (κ2) is 9.59. The number of benzene rings is 3. The Morgan fingerprint density at radius 2 is 1.79 bits per heavy atom. The fourth-order valence-electron chi connectivity index (χ4n) is 4.48. The molecular weight excluding hydrogens is 426 g/mol. The summed E-state index contributed by atoms with van der Waals surface area (Å²) in [6, 6.07) is 21.9. The lowest BCUT2D eigenvalue weighted by Crippen LogP contribution is -2.38. The van der Waals surface area contributed by atoms with Gasteiger partial charge in [0.2, 0.25) is 5.91 Å². The Kier molecular flexibility index (Phi) is 6.21. The summed E-state index contributed by atoms with van der Waals surface area (Å²) < 4.78 is 11.5. The van der Waals surface area contributed by atoms with E-state index in [9.17, 15) is 4.79 Å². The van der Waals surface area contributed by atoms with Gasteiger partial charge < -0.3 is 19.3 Å². The molecule has 0 bridgehead atoms. The van der Waals surface area contributed by atoms with E-state index in [-0.39, 0.29) is 5.91 Å². The number of fused-ring (bicyclic) bond motifs is 2. The van der Waals surface area contributed by atoms with Crippen LogP contribution in [0.15, 0.2) is 71.7 Å². The van der Waals surface area contributed by atoms with E-state index < -0.39 is 0 Å². The molecule has 6 heteroatoms.